The fourth-order valence-electron chi connectivity index (χ4n) is 2.55. The van der Waals surface area contributed by atoms with Crippen LogP contribution in [-0.4, -0.2) is 73.8 Å². The van der Waals surface area contributed by atoms with E-state index in [4.69, 9.17) is 25.1 Å². The van der Waals surface area contributed by atoms with Gasteiger partial charge in [-0.25, -0.2) is 9.00 Å². The number of halogens is 3. The largest absolute Gasteiger partial charge is 0.490 e. The second-order valence-corrected chi connectivity index (χ2v) is 7.72. The lowest BCUT2D eigenvalue weighted by Gasteiger charge is -2.35. The van der Waals surface area contributed by atoms with Crippen molar-refractivity contribution in [2.75, 3.05) is 24.6 Å². The van der Waals surface area contributed by atoms with Crippen molar-refractivity contribution in [3.05, 3.63) is 18.0 Å². The number of amides is 1. The van der Waals surface area contributed by atoms with Crippen LogP contribution in [0.3, 0.4) is 0 Å². The first-order chi connectivity index (χ1) is 15.3. The number of fused-ring (bicyclic) bond motifs is 1. The zero-order chi connectivity index (χ0) is 25.3. The number of nitrogens with zero attached hydrogens (tertiary/aromatic N) is 2. The summed E-state index contributed by atoms with van der Waals surface area (Å²) in [7, 11) is 0. The number of anilines is 1. The highest BCUT2D eigenvalue weighted by molar-refractivity contribution is 7.80. The molecule has 0 radical (unpaired) electrons. The van der Waals surface area contributed by atoms with Crippen LogP contribution in [-0.2, 0) is 36.9 Å². The fourth-order valence-corrected chi connectivity index (χ4v) is 3.19. The molecule has 0 saturated carbocycles. The van der Waals surface area contributed by atoms with E-state index in [1.165, 1.54) is 4.57 Å². The minimum atomic E-state index is -5.08. The van der Waals surface area contributed by atoms with Crippen molar-refractivity contribution in [3.63, 3.8) is 0 Å². The van der Waals surface area contributed by atoms with Gasteiger partial charge in [-0.3, -0.25) is 9.59 Å². The van der Waals surface area contributed by atoms with Gasteiger partial charge in [-0.05, 0) is 19.9 Å². The van der Waals surface area contributed by atoms with E-state index in [0.29, 0.717) is 18.8 Å². The van der Waals surface area contributed by atoms with E-state index in [1.54, 1.807) is 17.2 Å². The van der Waals surface area contributed by atoms with Gasteiger partial charge in [0.05, 0.1) is 24.8 Å². The number of carboxylic acid groups (broad SMARTS) is 1. The van der Waals surface area contributed by atoms with Crippen molar-refractivity contribution in [3.8, 4) is 0 Å². The molecular weight excluding hydrogens is 477 g/mol. The van der Waals surface area contributed by atoms with Gasteiger partial charge in [0.25, 0.3) is 5.91 Å². The first-order valence-electron chi connectivity index (χ1n) is 9.43. The van der Waals surface area contributed by atoms with Crippen molar-refractivity contribution in [2.24, 2.45) is 5.73 Å². The maximum atomic E-state index is 12.4. The third kappa shape index (κ3) is 8.64. The van der Waals surface area contributed by atoms with Crippen LogP contribution in [0.15, 0.2) is 12.3 Å². The molecule has 0 aromatic carbocycles. The van der Waals surface area contributed by atoms with Crippen molar-refractivity contribution < 1.29 is 50.9 Å². The summed E-state index contributed by atoms with van der Waals surface area (Å²) < 4.78 is 64.9. The van der Waals surface area contributed by atoms with E-state index in [0.717, 1.165) is 0 Å². The molecule has 5 N–H and O–H groups in total. The Bertz CT molecular complexity index is 862. The molecule has 1 aromatic heterocycles. The Hall–Kier alpha value is -2.69. The lowest BCUT2D eigenvalue weighted by Crippen LogP contribution is -2.56. The number of rotatable bonds is 9. The smallest absolute Gasteiger partial charge is 0.475 e. The molecule has 0 aliphatic carbocycles. The number of aromatic nitrogens is 1. The number of hydrogen-bond acceptors (Lipinski definition) is 8. The van der Waals surface area contributed by atoms with Gasteiger partial charge in [-0.1, -0.05) is 0 Å². The van der Waals surface area contributed by atoms with Crippen molar-refractivity contribution in [1.29, 1.82) is 0 Å². The molecule has 2 heterocycles. The van der Waals surface area contributed by atoms with Crippen LogP contribution in [0.2, 0.25) is 0 Å². The SMILES string of the molecule is CC(C)OCCN1c2ccn(COC(=O)CCN)c2C(=O)NC1S(=O)O.O=C(O)C(F)(F)F. The summed E-state index contributed by atoms with van der Waals surface area (Å²) in [6.07, 6.45) is -3.41. The molecule has 16 heteroatoms. The summed E-state index contributed by atoms with van der Waals surface area (Å²) in [4.78, 5) is 34.4. The van der Waals surface area contributed by atoms with Crippen LogP contribution in [0.1, 0.15) is 30.8 Å². The van der Waals surface area contributed by atoms with Crippen LogP contribution in [0, 0.1) is 0 Å². The van der Waals surface area contributed by atoms with Gasteiger partial charge in [-0.15, -0.1) is 0 Å². The molecule has 1 amide bonds. The molecule has 0 fully saturated rings. The zero-order valence-electron chi connectivity index (χ0n) is 17.7. The number of nitrogens with one attached hydrogen (secondary N) is 1. The van der Waals surface area contributed by atoms with Gasteiger partial charge in [0, 0.05) is 19.3 Å². The normalized spacial score (nSPS) is 16.4. The summed E-state index contributed by atoms with van der Waals surface area (Å²) in [6.45, 7) is 4.42. The molecule has 1 aliphatic heterocycles. The summed E-state index contributed by atoms with van der Waals surface area (Å²) >= 11 is -2.30. The molecule has 12 nitrogen and oxygen atoms in total. The number of alkyl halides is 3. The number of ether oxygens (including phenoxy) is 2. The quantitative estimate of drug-likeness (QED) is 0.274. The molecule has 0 saturated heterocycles. The maximum absolute atomic E-state index is 12.4. The van der Waals surface area contributed by atoms with Crippen molar-refractivity contribution in [2.45, 2.75) is 44.8 Å². The number of nitrogens with two attached hydrogens (primary N) is 1. The van der Waals surface area contributed by atoms with Gasteiger partial charge < -0.3 is 39.7 Å². The molecular formula is C17H25F3N4O8S. The Balaban J connectivity index is 0.000000675. The minimum absolute atomic E-state index is 0.0125. The Morgan fingerprint density at radius 2 is 1.97 bits per heavy atom. The lowest BCUT2D eigenvalue weighted by molar-refractivity contribution is -0.192. The molecule has 2 rings (SSSR count). The summed E-state index contributed by atoms with van der Waals surface area (Å²) in [5.74, 6) is -3.75. The van der Waals surface area contributed by atoms with Crippen LogP contribution >= 0.6 is 0 Å². The molecule has 33 heavy (non-hydrogen) atoms. The van der Waals surface area contributed by atoms with Crippen molar-refractivity contribution >= 4 is 34.6 Å². The Kier molecular flexibility index (Phi) is 10.8. The third-order valence-corrected chi connectivity index (χ3v) is 4.69. The highest BCUT2D eigenvalue weighted by Crippen LogP contribution is 2.28. The van der Waals surface area contributed by atoms with E-state index in [2.05, 4.69) is 5.32 Å². The van der Waals surface area contributed by atoms with E-state index in [-0.39, 0.29) is 31.5 Å². The molecule has 1 aliphatic rings. The molecule has 2 atom stereocenters. The van der Waals surface area contributed by atoms with E-state index < -0.39 is 40.6 Å². The topological polar surface area (TPSA) is 173 Å². The number of hydrogen-bond donors (Lipinski definition) is 4. The molecule has 0 bridgehead atoms. The van der Waals surface area contributed by atoms with Crippen LogP contribution in [0.5, 0.6) is 0 Å². The second-order valence-electron chi connectivity index (χ2n) is 6.72. The van der Waals surface area contributed by atoms with Crippen molar-refractivity contribution in [1.82, 2.24) is 9.88 Å². The van der Waals surface area contributed by atoms with Crippen LogP contribution in [0.4, 0.5) is 18.9 Å². The number of aliphatic carboxylic acids is 1. The highest BCUT2D eigenvalue weighted by atomic mass is 32.2. The second kappa shape index (κ2) is 12.5. The Morgan fingerprint density at radius 1 is 1.36 bits per heavy atom. The number of carboxylic acids is 1. The average Bonchev–Trinajstić information content (AvgIpc) is 3.12. The maximum Gasteiger partial charge on any atom is 0.490 e. The van der Waals surface area contributed by atoms with Gasteiger partial charge in [0.1, 0.15) is 5.69 Å². The van der Waals surface area contributed by atoms with Gasteiger partial charge in [0.2, 0.25) is 5.50 Å². The van der Waals surface area contributed by atoms with Crippen LogP contribution in [0.25, 0.3) is 0 Å². The van der Waals surface area contributed by atoms with Crippen LogP contribution < -0.4 is 16.0 Å². The molecule has 0 spiro atoms. The monoisotopic (exact) mass is 502 g/mol. The first kappa shape index (κ1) is 28.3. The summed E-state index contributed by atoms with van der Waals surface area (Å²) in [5.41, 5.74) is 4.94. The summed E-state index contributed by atoms with van der Waals surface area (Å²) in [5, 5.41) is 9.62. The molecule has 188 valence electrons. The van der Waals surface area contributed by atoms with Gasteiger partial charge >= 0.3 is 18.1 Å². The Morgan fingerprint density at radius 3 is 2.45 bits per heavy atom. The zero-order valence-corrected chi connectivity index (χ0v) is 18.5. The predicted molar refractivity (Wildman–Crippen MR) is 108 cm³/mol. The third-order valence-electron chi connectivity index (χ3n) is 3.93. The first-order valence-corrected chi connectivity index (χ1v) is 10.6. The molecule has 1 aromatic rings. The highest BCUT2D eigenvalue weighted by Gasteiger charge is 2.38. The lowest BCUT2D eigenvalue weighted by atomic mass is 10.2. The number of carbonyl (C=O) groups is 3. The van der Waals surface area contributed by atoms with E-state index in [1.807, 2.05) is 13.8 Å². The fraction of sp³-hybridized carbons (Fsp3) is 0.588. The van der Waals surface area contributed by atoms with Gasteiger partial charge in [-0.2, -0.15) is 13.2 Å². The Labute approximate surface area is 189 Å². The van der Waals surface area contributed by atoms with E-state index in [9.17, 15) is 31.5 Å². The predicted octanol–water partition coefficient (Wildman–Crippen LogP) is 0.451. The minimum Gasteiger partial charge on any atom is -0.475 e. The molecule has 2 unspecified atom stereocenters. The number of carbonyl (C=O) groups excluding carboxylic acids is 2. The number of esters is 1. The summed E-state index contributed by atoms with van der Waals surface area (Å²) in [6, 6.07) is 1.64. The standard InChI is InChI=1S/C15H24N4O6S.C2HF3O2/c1-10(2)24-8-7-19-11-4-6-18(9-25-12(20)3-5-16)13(11)14(21)17-15(19)26(22)23;3-2(4,5)1(6)7/h4,6,10,15H,3,5,7-9,16H2,1-2H3,(H,17,21)(H,22,23);(H,6,7). The average molecular weight is 502 g/mol. The van der Waals surface area contributed by atoms with E-state index >= 15 is 0 Å². The van der Waals surface area contributed by atoms with Gasteiger partial charge in [0.15, 0.2) is 17.8 Å².